The molecule has 0 radical (unpaired) electrons. The van der Waals surface area contributed by atoms with E-state index in [2.05, 4.69) is 15.9 Å². The number of carbonyl (C=O) groups is 1. The third-order valence-electron chi connectivity index (χ3n) is 3.26. The Kier molecular flexibility index (Phi) is 2.83. The fraction of sp³-hybridized carbons (Fsp3) is 0.417. The number of carboxylic acid groups (broad SMARTS) is 1. The molecule has 2 nitrogen and oxygen atoms in total. The van der Waals surface area contributed by atoms with Crippen molar-refractivity contribution in [3.63, 3.8) is 0 Å². The lowest BCUT2D eigenvalue weighted by Crippen LogP contribution is -2.32. The molecule has 0 saturated heterocycles. The fourth-order valence-corrected chi connectivity index (χ4v) is 3.09. The normalized spacial score (nSPS) is 19.0. The predicted molar refractivity (Wildman–Crippen MR) is 61.9 cm³/mol. The maximum absolute atomic E-state index is 11.5. The van der Waals surface area contributed by atoms with Crippen LogP contribution in [-0.4, -0.2) is 11.1 Å². The van der Waals surface area contributed by atoms with E-state index < -0.39 is 11.4 Å². The molecule has 3 heteroatoms. The first-order chi connectivity index (χ1) is 7.17. The Morgan fingerprint density at radius 2 is 1.87 bits per heavy atom. The smallest absolute Gasteiger partial charge is 0.314 e. The summed E-state index contributed by atoms with van der Waals surface area (Å²) < 4.78 is 0.911. The monoisotopic (exact) mass is 268 g/mol. The number of aliphatic carboxylic acids is 1. The van der Waals surface area contributed by atoms with Crippen molar-refractivity contribution < 1.29 is 9.90 Å². The van der Waals surface area contributed by atoms with Gasteiger partial charge in [0.1, 0.15) is 0 Å². The maximum atomic E-state index is 11.5. The molecular weight excluding hydrogens is 256 g/mol. The van der Waals surface area contributed by atoms with Crippen molar-refractivity contribution in [1.82, 2.24) is 0 Å². The second kappa shape index (κ2) is 3.97. The summed E-state index contributed by atoms with van der Waals surface area (Å²) in [6.07, 6.45) is 3.52. The van der Waals surface area contributed by atoms with Crippen LogP contribution in [0.25, 0.3) is 0 Å². The van der Waals surface area contributed by atoms with Crippen LogP contribution in [0.3, 0.4) is 0 Å². The molecule has 2 rings (SSSR count). The van der Waals surface area contributed by atoms with Crippen molar-refractivity contribution in [2.75, 3.05) is 0 Å². The molecule has 1 aromatic carbocycles. The van der Waals surface area contributed by atoms with Gasteiger partial charge in [0.15, 0.2) is 0 Å². The van der Waals surface area contributed by atoms with E-state index in [1.807, 2.05) is 24.3 Å². The summed E-state index contributed by atoms with van der Waals surface area (Å²) in [5.41, 5.74) is 0.273. The van der Waals surface area contributed by atoms with Gasteiger partial charge in [-0.15, -0.1) is 0 Å². The van der Waals surface area contributed by atoms with Crippen LogP contribution < -0.4 is 0 Å². The molecule has 0 unspecified atom stereocenters. The highest BCUT2D eigenvalue weighted by Gasteiger charge is 2.43. The van der Waals surface area contributed by atoms with Gasteiger partial charge in [0.25, 0.3) is 0 Å². The van der Waals surface area contributed by atoms with Crippen LogP contribution in [0, 0.1) is 0 Å². The predicted octanol–water partition coefficient (Wildman–Crippen LogP) is 3.35. The van der Waals surface area contributed by atoms with Gasteiger partial charge in [-0.05, 0) is 24.5 Å². The highest BCUT2D eigenvalue weighted by Crippen LogP contribution is 2.43. The van der Waals surface area contributed by atoms with Crippen LogP contribution in [0.15, 0.2) is 28.7 Å². The van der Waals surface area contributed by atoms with Crippen molar-refractivity contribution in [3.8, 4) is 0 Å². The van der Waals surface area contributed by atoms with Gasteiger partial charge < -0.3 is 5.11 Å². The topological polar surface area (TPSA) is 37.3 Å². The zero-order valence-corrected chi connectivity index (χ0v) is 9.96. The largest absolute Gasteiger partial charge is 0.481 e. The minimum Gasteiger partial charge on any atom is -0.481 e. The van der Waals surface area contributed by atoms with E-state index in [1.165, 1.54) is 0 Å². The molecule has 15 heavy (non-hydrogen) atoms. The van der Waals surface area contributed by atoms with Gasteiger partial charge in [0.2, 0.25) is 0 Å². The summed E-state index contributed by atoms with van der Waals surface area (Å²) in [6, 6.07) is 7.66. The molecule has 1 aromatic rings. The van der Waals surface area contributed by atoms with E-state index in [-0.39, 0.29) is 0 Å². The molecular formula is C12H13BrO2. The van der Waals surface area contributed by atoms with Crippen LogP contribution in [0.5, 0.6) is 0 Å². The summed E-state index contributed by atoms with van der Waals surface area (Å²) in [4.78, 5) is 11.5. The number of benzene rings is 1. The number of rotatable bonds is 2. The second-order valence-electron chi connectivity index (χ2n) is 4.07. The summed E-state index contributed by atoms with van der Waals surface area (Å²) in [5.74, 6) is -0.688. The molecule has 80 valence electrons. The van der Waals surface area contributed by atoms with E-state index in [0.717, 1.165) is 35.7 Å². The van der Waals surface area contributed by atoms with Crippen molar-refractivity contribution in [2.24, 2.45) is 0 Å². The molecule has 1 fully saturated rings. The Balaban J connectivity index is 2.50. The van der Waals surface area contributed by atoms with Crippen LogP contribution in [-0.2, 0) is 10.2 Å². The molecule has 0 aromatic heterocycles. The Morgan fingerprint density at radius 3 is 2.40 bits per heavy atom. The van der Waals surface area contributed by atoms with Crippen LogP contribution in [0.1, 0.15) is 31.2 Å². The molecule has 1 aliphatic carbocycles. The quantitative estimate of drug-likeness (QED) is 0.893. The van der Waals surface area contributed by atoms with Gasteiger partial charge in [-0.1, -0.05) is 47.0 Å². The lowest BCUT2D eigenvalue weighted by molar-refractivity contribution is -0.143. The number of hydrogen-bond donors (Lipinski definition) is 1. The van der Waals surface area contributed by atoms with Crippen molar-refractivity contribution in [2.45, 2.75) is 31.1 Å². The summed E-state index contributed by atoms with van der Waals surface area (Å²) >= 11 is 3.45. The zero-order valence-electron chi connectivity index (χ0n) is 8.37. The SMILES string of the molecule is O=C(O)C1(c2ccccc2Br)CCCC1. The summed E-state index contributed by atoms with van der Waals surface area (Å²) in [6.45, 7) is 0. The lowest BCUT2D eigenvalue weighted by Gasteiger charge is -2.25. The first-order valence-corrected chi connectivity index (χ1v) is 5.94. The molecule has 1 saturated carbocycles. The minimum atomic E-state index is -0.688. The first-order valence-electron chi connectivity index (χ1n) is 5.15. The standard InChI is InChI=1S/C12H13BrO2/c13-10-6-2-1-5-9(10)12(11(14)15)7-3-4-8-12/h1-2,5-6H,3-4,7-8H2,(H,14,15). The van der Waals surface area contributed by atoms with Gasteiger partial charge >= 0.3 is 5.97 Å². The Hall–Kier alpha value is -0.830. The van der Waals surface area contributed by atoms with E-state index in [0.29, 0.717) is 0 Å². The van der Waals surface area contributed by atoms with Crippen molar-refractivity contribution >= 4 is 21.9 Å². The fourth-order valence-electron chi connectivity index (χ4n) is 2.43. The molecule has 0 atom stereocenters. The Bertz CT molecular complexity index is 381. The maximum Gasteiger partial charge on any atom is 0.314 e. The third-order valence-corrected chi connectivity index (χ3v) is 3.95. The van der Waals surface area contributed by atoms with Crippen LogP contribution >= 0.6 is 15.9 Å². The van der Waals surface area contributed by atoms with E-state index in [4.69, 9.17) is 0 Å². The Morgan fingerprint density at radius 1 is 1.27 bits per heavy atom. The van der Waals surface area contributed by atoms with Gasteiger partial charge in [-0.2, -0.15) is 0 Å². The molecule has 0 bridgehead atoms. The van der Waals surface area contributed by atoms with E-state index >= 15 is 0 Å². The first kappa shape index (κ1) is 10.7. The zero-order chi connectivity index (χ0) is 10.9. The molecule has 0 spiro atoms. The third kappa shape index (κ3) is 1.69. The van der Waals surface area contributed by atoms with Crippen molar-refractivity contribution in [1.29, 1.82) is 0 Å². The molecule has 1 aliphatic rings. The molecule has 0 amide bonds. The lowest BCUT2D eigenvalue weighted by atomic mass is 9.79. The van der Waals surface area contributed by atoms with Crippen LogP contribution in [0.2, 0.25) is 0 Å². The van der Waals surface area contributed by atoms with E-state index in [1.54, 1.807) is 0 Å². The summed E-state index contributed by atoms with van der Waals surface area (Å²) in [5, 5.41) is 9.42. The van der Waals surface area contributed by atoms with Crippen molar-refractivity contribution in [3.05, 3.63) is 34.3 Å². The van der Waals surface area contributed by atoms with Gasteiger partial charge in [-0.3, -0.25) is 4.79 Å². The molecule has 0 heterocycles. The molecule has 0 aliphatic heterocycles. The second-order valence-corrected chi connectivity index (χ2v) is 4.93. The van der Waals surface area contributed by atoms with E-state index in [9.17, 15) is 9.90 Å². The molecule has 1 N–H and O–H groups in total. The highest BCUT2D eigenvalue weighted by molar-refractivity contribution is 9.10. The number of carboxylic acids is 1. The highest BCUT2D eigenvalue weighted by atomic mass is 79.9. The van der Waals surface area contributed by atoms with Crippen LogP contribution in [0.4, 0.5) is 0 Å². The minimum absolute atomic E-state index is 0.653. The average Bonchev–Trinajstić information content (AvgIpc) is 2.68. The average molecular weight is 269 g/mol. The Labute approximate surface area is 97.4 Å². The number of halogens is 1. The van der Waals surface area contributed by atoms with Gasteiger partial charge in [0, 0.05) is 4.47 Å². The summed E-state index contributed by atoms with van der Waals surface area (Å²) in [7, 11) is 0. The number of hydrogen-bond acceptors (Lipinski definition) is 1. The van der Waals surface area contributed by atoms with Gasteiger partial charge in [-0.25, -0.2) is 0 Å². The van der Waals surface area contributed by atoms with Gasteiger partial charge in [0.05, 0.1) is 5.41 Å².